The molecule has 1 aliphatic carbocycles. The third-order valence-corrected chi connectivity index (χ3v) is 5.81. The number of carbonyl (C=O) groups is 1. The summed E-state index contributed by atoms with van der Waals surface area (Å²) in [5.74, 6) is 0.139. The molecule has 1 saturated carbocycles. The van der Waals surface area contributed by atoms with Gasteiger partial charge >= 0.3 is 0 Å². The van der Waals surface area contributed by atoms with E-state index in [2.05, 4.69) is 5.10 Å². The summed E-state index contributed by atoms with van der Waals surface area (Å²) in [6.07, 6.45) is 1.98. The van der Waals surface area contributed by atoms with E-state index in [-0.39, 0.29) is 17.8 Å². The minimum Gasteiger partial charge on any atom is -0.370 e. The molecule has 0 spiro atoms. The van der Waals surface area contributed by atoms with Gasteiger partial charge in [-0.2, -0.15) is 5.10 Å². The highest BCUT2D eigenvalue weighted by Gasteiger charge is 2.31. The number of ether oxygens (including phenoxy) is 1. The molecule has 0 N–H and O–H groups in total. The van der Waals surface area contributed by atoms with Crippen LogP contribution < -0.4 is 0 Å². The minimum absolute atomic E-state index is 0.0224. The fourth-order valence-corrected chi connectivity index (χ4v) is 4.10. The maximum absolute atomic E-state index is 13.5. The molecule has 29 heavy (non-hydrogen) atoms. The molecule has 2 fully saturated rings. The molecule has 150 valence electrons. The molecule has 1 aliphatic heterocycles. The molecule has 2 aliphatic rings. The molecule has 3 heterocycles. The van der Waals surface area contributed by atoms with E-state index in [0.717, 1.165) is 40.8 Å². The summed E-state index contributed by atoms with van der Waals surface area (Å²) >= 11 is 0. The van der Waals surface area contributed by atoms with Gasteiger partial charge in [0.1, 0.15) is 11.9 Å². The first-order chi connectivity index (χ1) is 14.0. The average molecular weight is 394 g/mol. The Bertz CT molecular complexity index is 1090. The first kappa shape index (κ1) is 18.2. The van der Waals surface area contributed by atoms with Crippen LogP contribution in [-0.2, 0) is 11.8 Å². The van der Waals surface area contributed by atoms with Crippen molar-refractivity contribution in [2.45, 2.75) is 31.8 Å². The van der Waals surface area contributed by atoms with Gasteiger partial charge in [-0.1, -0.05) is 12.1 Å². The van der Waals surface area contributed by atoms with E-state index in [1.807, 2.05) is 24.9 Å². The lowest BCUT2D eigenvalue weighted by Gasteiger charge is -2.33. The number of amides is 1. The van der Waals surface area contributed by atoms with Gasteiger partial charge in [-0.05, 0) is 43.5 Å². The van der Waals surface area contributed by atoms with E-state index in [1.54, 1.807) is 16.8 Å². The molecule has 0 bridgehead atoms. The van der Waals surface area contributed by atoms with Crippen molar-refractivity contribution in [1.82, 2.24) is 19.7 Å². The molecule has 2 aromatic heterocycles. The zero-order chi connectivity index (χ0) is 20.1. The molecule has 3 aromatic rings. The second-order valence-electron chi connectivity index (χ2n) is 7.94. The highest BCUT2D eigenvalue weighted by atomic mass is 19.1. The fourth-order valence-electron chi connectivity index (χ4n) is 4.10. The second-order valence-corrected chi connectivity index (χ2v) is 7.94. The smallest absolute Gasteiger partial charge is 0.254 e. The van der Waals surface area contributed by atoms with Crippen molar-refractivity contribution >= 4 is 16.9 Å². The summed E-state index contributed by atoms with van der Waals surface area (Å²) in [5, 5.41) is 5.32. The fraction of sp³-hybridized carbons (Fsp3) is 0.409. The molecule has 1 amide bonds. The predicted octanol–water partition coefficient (Wildman–Crippen LogP) is 3.51. The Labute approximate surface area is 168 Å². The van der Waals surface area contributed by atoms with Crippen LogP contribution in [0, 0.1) is 12.7 Å². The highest BCUT2D eigenvalue weighted by molar-refractivity contribution is 6.06. The number of fused-ring (bicyclic) bond motifs is 1. The molecule has 0 radical (unpaired) electrons. The van der Waals surface area contributed by atoms with Crippen LogP contribution in [0.2, 0.25) is 0 Å². The van der Waals surface area contributed by atoms with Crippen LogP contribution in [-0.4, -0.2) is 45.3 Å². The number of pyridine rings is 1. The van der Waals surface area contributed by atoms with Gasteiger partial charge in [0.25, 0.3) is 5.91 Å². The van der Waals surface area contributed by atoms with Crippen LogP contribution >= 0.6 is 0 Å². The molecule has 1 unspecified atom stereocenters. The number of benzene rings is 1. The van der Waals surface area contributed by atoms with Crippen LogP contribution in [0.4, 0.5) is 4.39 Å². The lowest BCUT2D eigenvalue weighted by molar-refractivity contribution is -0.0227. The standard InChI is InChI=1S/C22H23FN4O2/c1-13-20-17(11-18(14-3-4-14)24-21(20)26(2)25-13)22(28)27-9-10-29-19(12-27)15-5-7-16(23)8-6-15/h5-8,11,14,19H,3-4,9-10,12H2,1-2H3. The number of rotatable bonds is 3. The van der Waals surface area contributed by atoms with Gasteiger partial charge in [-0.25, -0.2) is 9.37 Å². The van der Waals surface area contributed by atoms with Crippen LogP contribution in [0.3, 0.4) is 0 Å². The highest BCUT2D eigenvalue weighted by Crippen LogP contribution is 2.40. The lowest BCUT2D eigenvalue weighted by Crippen LogP contribution is -2.42. The van der Waals surface area contributed by atoms with Gasteiger partial charge in [-0.15, -0.1) is 0 Å². The summed E-state index contributed by atoms with van der Waals surface area (Å²) in [4.78, 5) is 20.2. The minimum atomic E-state index is -0.281. The van der Waals surface area contributed by atoms with Crippen LogP contribution in [0.1, 0.15) is 52.2 Å². The quantitative estimate of drug-likeness (QED) is 0.682. The molecule has 1 aromatic carbocycles. The third-order valence-electron chi connectivity index (χ3n) is 5.81. The van der Waals surface area contributed by atoms with Crippen LogP contribution in [0.15, 0.2) is 30.3 Å². The largest absolute Gasteiger partial charge is 0.370 e. The van der Waals surface area contributed by atoms with E-state index < -0.39 is 0 Å². The van der Waals surface area contributed by atoms with Crippen molar-refractivity contribution in [1.29, 1.82) is 0 Å². The molecule has 1 atom stereocenters. The van der Waals surface area contributed by atoms with Crippen LogP contribution in [0.5, 0.6) is 0 Å². The number of halogens is 1. The third kappa shape index (κ3) is 3.29. The first-order valence-electron chi connectivity index (χ1n) is 10.0. The number of aromatic nitrogens is 3. The van der Waals surface area contributed by atoms with Crippen molar-refractivity contribution in [2.24, 2.45) is 7.05 Å². The summed E-state index contributed by atoms with van der Waals surface area (Å²) in [6, 6.07) is 8.24. The monoisotopic (exact) mass is 394 g/mol. The van der Waals surface area contributed by atoms with E-state index in [0.29, 0.717) is 31.2 Å². The topological polar surface area (TPSA) is 60.2 Å². The summed E-state index contributed by atoms with van der Waals surface area (Å²) < 4.78 is 20.9. The van der Waals surface area contributed by atoms with E-state index in [9.17, 15) is 9.18 Å². The second kappa shape index (κ2) is 6.91. The zero-order valence-corrected chi connectivity index (χ0v) is 16.6. The number of hydrogen-bond acceptors (Lipinski definition) is 4. The Morgan fingerprint density at radius 2 is 2.00 bits per heavy atom. The molecule has 6 nitrogen and oxygen atoms in total. The number of morpholine rings is 1. The van der Waals surface area contributed by atoms with E-state index in [1.165, 1.54) is 12.1 Å². The Kier molecular flexibility index (Phi) is 4.35. The number of nitrogens with zero attached hydrogens (tertiary/aromatic N) is 4. The number of carbonyl (C=O) groups excluding carboxylic acids is 1. The summed E-state index contributed by atoms with van der Waals surface area (Å²) in [5.41, 5.74) is 4.09. The van der Waals surface area contributed by atoms with Gasteiger partial charge in [0.2, 0.25) is 0 Å². The Hall–Kier alpha value is -2.80. The first-order valence-corrected chi connectivity index (χ1v) is 10.0. The van der Waals surface area contributed by atoms with Crippen LogP contribution in [0.25, 0.3) is 11.0 Å². The van der Waals surface area contributed by atoms with E-state index >= 15 is 0 Å². The van der Waals surface area contributed by atoms with Gasteiger partial charge in [0.05, 0.1) is 29.8 Å². The Morgan fingerprint density at radius 3 is 2.72 bits per heavy atom. The normalized spacial score (nSPS) is 19.7. The number of aryl methyl sites for hydroxylation is 2. The predicted molar refractivity (Wildman–Crippen MR) is 106 cm³/mol. The zero-order valence-electron chi connectivity index (χ0n) is 16.6. The Morgan fingerprint density at radius 1 is 1.24 bits per heavy atom. The SMILES string of the molecule is Cc1nn(C)c2nc(C3CC3)cc(C(=O)N3CCOC(c4ccc(F)cc4)C3)c12. The maximum atomic E-state index is 13.5. The van der Waals surface area contributed by atoms with Gasteiger partial charge in [0, 0.05) is 25.2 Å². The number of hydrogen-bond donors (Lipinski definition) is 0. The molecular weight excluding hydrogens is 371 g/mol. The van der Waals surface area contributed by atoms with Crippen molar-refractivity contribution in [3.8, 4) is 0 Å². The average Bonchev–Trinajstić information content (AvgIpc) is 3.54. The molecular formula is C22H23FN4O2. The van der Waals surface area contributed by atoms with Gasteiger partial charge < -0.3 is 9.64 Å². The Balaban J connectivity index is 1.49. The lowest BCUT2D eigenvalue weighted by atomic mass is 10.0. The van der Waals surface area contributed by atoms with Crippen molar-refractivity contribution in [3.63, 3.8) is 0 Å². The summed E-state index contributed by atoms with van der Waals surface area (Å²) in [6.45, 7) is 3.33. The molecule has 7 heteroatoms. The van der Waals surface area contributed by atoms with Crippen molar-refractivity contribution in [3.05, 3.63) is 58.7 Å². The van der Waals surface area contributed by atoms with Gasteiger partial charge in [0.15, 0.2) is 5.65 Å². The maximum Gasteiger partial charge on any atom is 0.254 e. The van der Waals surface area contributed by atoms with E-state index in [4.69, 9.17) is 9.72 Å². The molecule has 5 rings (SSSR count). The van der Waals surface area contributed by atoms with Gasteiger partial charge in [-0.3, -0.25) is 9.48 Å². The van der Waals surface area contributed by atoms with Crippen molar-refractivity contribution < 1.29 is 13.9 Å². The molecule has 1 saturated heterocycles. The summed E-state index contributed by atoms with van der Waals surface area (Å²) in [7, 11) is 1.87. The van der Waals surface area contributed by atoms with Crippen molar-refractivity contribution in [2.75, 3.05) is 19.7 Å².